The molecule has 0 aliphatic heterocycles. The SMILES string of the molecule is CNC(=O)C(=O)N/N=C\c1ccc(OCC(=O)Nc2cc(C)cc(C)c2)c(OC)c1. The van der Waals surface area contributed by atoms with Gasteiger partial charge in [-0.3, -0.25) is 14.4 Å². The van der Waals surface area contributed by atoms with E-state index in [1.54, 1.807) is 18.2 Å². The van der Waals surface area contributed by atoms with E-state index in [1.807, 2.05) is 32.0 Å². The minimum Gasteiger partial charge on any atom is -0.493 e. The number of nitrogens with one attached hydrogen (secondary N) is 3. The summed E-state index contributed by atoms with van der Waals surface area (Å²) >= 11 is 0. The van der Waals surface area contributed by atoms with Crippen LogP contribution in [0.5, 0.6) is 11.5 Å². The average molecular weight is 412 g/mol. The summed E-state index contributed by atoms with van der Waals surface area (Å²) in [6.07, 6.45) is 1.35. The number of hydrogen-bond acceptors (Lipinski definition) is 6. The van der Waals surface area contributed by atoms with E-state index >= 15 is 0 Å². The molecule has 0 radical (unpaired) electrons. The molecule has 3 amide bonds. The normalized spacial score (nSPS) is 10.4. The van der Waals surface area contributed by atoms with Gasteiger partial charge in [0, 0.05) is 12.7 Å². The Morgan fingerprint density at radius 3 is 2.33 bits per heavy atom. The van der Waals surface area contributed by atoms with Crippen LogP contribution in [0.1, 0.15) is 16.7 Å². The van der Waals surface area contributed by atoms with Gasteiger partial charge in [-0.15, -0.1) is 0 Å². The molecular formula is C21H24N4O5. The lowest BCUT2D eigenvalue weighted by atomic mass is 10.1. The van der Waals surface area contributed by atoms with E-state index in [0.717, 1.165) is 11.1 Å². The van der Waals surface area contributed by atoms with E-state index in [1.165, 1.54) is 20.4 Å². The predicted molar refractivity (Wildman–Crippen MR) is 113 cm³/mol. The fourth-order valence-corrected chi connectivity index (χ4v) is 2.60. The molecule has 9 nitrogen and oxygen atoms in total. The Balaban J connectivity index is 1.96. The molecule has 0 aromatic heterocycles. The van der Waals surface area contributed by atoms with Crippen LogP contribution < -0.4 is 25.5 Å². The van der Waals surface area contributed by atoms with Crippen molar-refractivity contribution in [3.05, 3.63) is 53.1 Å². The lowest BCUT2D eigenvalue weighted by molar-refractivity contribution is -0.138. The van der Waals surface area contributed by atoms with Gasteiger partial charge in [0.15, 0.2) is 18.1 Å². The fourth-order valence-electron chi connectivity index (χ4n) is 2.60. The second-order valence-corrected chi connectivity index (χ2v) is 6.40. The predicted octanol–water partition coefficient (Wildman–Crippen LogP) is 1.53. The van der Waals surface area contributed by atoms with Gasteiger partial charge in [-0.25, -0.2) is 5.43 Å². The molecule has 0 unspecified atom stereocenters. The van der Waals surface area contributed by atoms with Crippen LogP contribution in [0.15, 0.2) is 41.5 Å². The Kier molecular flexibility index (Phi) is 7.92. The van der Waals surface area contributed by atoms with Gasteiger partial charge in [0.2, 0.25) is 0 Å². The summed E-state index contributed by atoms with van der Waals surface area (Å²) < 4.78 is 10.8. The molecule has 158 valence electrons. The maximum Gasteiger partial charge on any atom is 0.329 e. The summed E-state index contributed by atoms with van der Waals surface area (Å²) in [6.45, 7) is 3.72. The number of aryl methyl sites for hydroxylation is 2. The molecule has 0 saturated heterocycles. The number of carbonyl (C=O) groups is 3. The van der Waals surface area contributed by atoms with E-state index < -0.39 is 11.8 Å². The van der Waals surface area contributed by atoms with E-state index in [9.17, 15) is 14.4 Å². The van der Waals surface area contributed by atoms with Crippen molar-refractivity contribution >= 4 is 29.6 Å². The Labute approximate surface area is 174 Å². The molecule has 0 atom stereocenters. The van der Waals surface area contributed by atoms with Crippen molar-refractivity contribution in [1.82, 2.24) is 10.7 Å². The molecule has 2 aromatic rings. The van der Waals surface area contributed by atoms with Gasteiger partial charge in [0.1, 0.15) is 0 Å². The molecule has 2 aromatic carbocycles. The van der Waals surface area contributed by atoms with Crippen LogP contribution in [0.4, 0.5) is 5.69 Å². The number of ether oxygens (including phenoxy) is 2. The zero-order valence-corrected chi connectivity index (χ0v) is 17.2. The fraction of sp³-hybridized carbons (Fsp3) is 0.238. The number of methoxy groups -OCH3 is 1. The van der Waals surface area contributed by atoms with E-state index in [-0.39, 0.29) is 12.5 Å². The highest BCUT2D eigenvalue weighted by atomic mass is 16.5. The molecule has 30 heavy (non-hydrogen) atoms. The maximum absolute atomic E-state index is 12.2. The lowest BCUT2D eigenvalue weighted by Crippen LogP contribution is -2.35. The Bertz CT molecular complexity index is 952. The first kappa shape index (κ1) is 22.4. The van der Waals surface area contributed by atoms with Gasteiger partial charge in [0.25, 0.3) is 5.91 Å². The van der Waals surface area contributed by atoms with Crippen LogP contribution in [0.2, 0.25) is 0 Å². The van der Waals surface area contributed by atoms with Crippen molar-refractivity contribution in [3.63, 3.8) is 0 Å². The molecule has 0 bridgehead atoms. The van der Waals surface area contributed by atoms with Crippen LogP contribution in [-0.2, 0) is 14.4 Å². The molecule has 3 N–H and O–H groups in total. The van der Waals surface area contributed by atoms with E-state index in [0.29, 0.717) is 22.7 Å². The first-order valence-corrected chi connectivity index (χ1v) is 9.06. The first-order chi connectivity index (χ1) is 14.3. The molecule has 9 heteroatoms. The third-order valence-electron chi connectivity index (χ3n) is 3.86. The van der Waals surface area contributed by atoms with Crippen LogP contribution in [-0.4, -0.2) is 44.7 Å². The molecule has 2 rings (SSSR count). The van der Waals surface area contributed by atoms with Gasteiger partial charge in [-0.05, 0) is 60.9 Å². The summed E-state index contributed by atoms with van der Waals surface area (Å²) in [7, 11) is 2.81. The number of carbonyl (C=O) groups excluding carboxylic acids is 3. The number of amides is 3. The van der Waals surface area contributed by atoms with Crippen molar-refractivity contribution in [2.75, 3.05) is 26.1 Å². The van der Waals surface area contributed by atoms with Crippen molar-refractivity contribution < 1.29 is 23.9 Å². The standard InChI is InChI=1S/C21H24N4O5/c1-13-7-14(2)9-16(8-13)24-19(26)12-30-17-6-5-15(10-18(17)29-4)11-23-25-21(28)20(27)22-3/h5-11H,12H2,1-4H3,(H,22,27)(H,24,26)(H,25,28)/b23-11-. The van der Waals surface area contributed by atoms with Crippen molar-refractivity contribution in [2.45, 2.75) is 13.8 Å². The highest BCUT2D eigenvalue weighted by molar-refractivity contribution is 6.35. The molecule has 0 saturated carbocycles. The number of benzene rings is 2. The van der Waals surface area contributed by atoms with Crippen LogP contribution in [0.3, 0.4) is 0 Å². The summed E-state index contributed by atoms with van der Waals surface area (Å²) in [5, 5.41) is 8.69. The first-order valence-electron chi connectivity index (χ1n) is 9.06. The highest BCUT2D eigenvalue weighted by Crippen LogP contribution is 2.27. The molecule has 0 heterocycles. The number of hydrazone groups is 1. The topological polar surface area (TPSA) is 118 Å². The molecule has 0 aliphatic carbocycles. The Hall–Kier alpha value is -3.88. The number of nitrogens with zero attached hydrogens (tertiary/aromatic N) is 1. The van der Waals surface area contributed by atoms with Crippen molar-refractivity contribution in [2.24, 2.45) is 5.10 Å². The summed E-state index contributed by atoms with van der Waals surface area (Å²) in [4.78, 5) is 34.6. The largest absolute Gasteiger partial charge is 0.493 e. The number of likely N-dealkylation sites (N-methyl/N-ethyl adjacent to an activating group) is 1. The van der Waals surface area contributed by atoms with Crippen LogP contribution >= 0.6 is 0 Å². The van der Waals surface area contributed by atoms with Crippen LogP contribution in [0, 0.1) is 13.8 Å². The number of hydrogen-bond donors (Lipinski definition) is 3. The minimum atomic E-state index is -0.879. The van der Waals surface area contributed by atoms with Gasteiger partial charge in [0.05, 0.1) is 13.3 Å². The lowest BCUT2D eigenvalue weighted by Gasteiger charge is -2.12. The Morgan fingerprint density at radius 2 is 1.70 bits per heavy atom. The zero-order valence-electron chi connectivity index (χ0n) is 17.2. The molecule has 0 spiro atoms. The number of anilines is 1. The van der Waals surface area contributed by atoms with Crippen LogP contribution in [0.25, 0.3) is 0 Å². The second kappa shape index (κ2) is 10.6. The van der Waals surface area contributed by atoms with E-state index in [4.69, 9.17) is 9.47 Å². The molecular weight excluding hydrogens is 388 g/mol. The quantitative estimate of drug-likeness (QED) is 0.362. The molecule has 0 aliphatic rings. The van der Waals surface area contributed by atoms with Gasteiger partial charge < -0.3 is 20.1 Å². The minimum absolute atomic E-state index is 0.195. The molecule has 0 fully saturated rings. The maximum atomic E-state index is 12.2. The second-order valence-electron chi connectivity index (χ2n) is 6.40. The third-order valence-corrected chi connectivity index (χ3v) is 3.86. The number of rotatable bonds is 7. The van der Waals surface area contributed by atoms with Crippen molar-refractivity contribution in [1.29, 1.82) is 0 Å². The zero-order chi connectivity index (χ0) is 22.1. The third kappa shape index (κ3) is 6.62. The van der Waals surface area contributed by atoms with E-state index in [2.05, 4.69) is 21.2 Å². The van der Waals surface area contributed by atoms with Crippen molar-refractivity contribution in [3.8, 4) is 11.5 Å². The van der Waals surface area contributed by atoms with Gasteiger partial charge >= 0.3 is 11.8 Å². The summed E-state index contributed by atoms with van der Waals surface area (Å²) in [6, 6.07) is 10.7. The monoisotopic (exact) mass is 412 g/mol. The summed E-state index contributed by atoms with van der Waals surface area (Å²) in [5.41, 5.74) is 5.50. The van der Waals surface area contributed by atoms with Gasteiger partial charge in [-0.1, -0.05) is 6.07 Å². The average Bonchev–Trinajstić information content (AvgIpc) is 2.71. The highest BCUT2D eigenvalue weighted by Gasteiger charge is 2.10. The Morgan fingerprint density at radius 1 is 1.00 bits per heavy atom. The van der Waals surface area contributed by atoms with Gasteiger partial charge in [-0.2, -0.15) is 5.10 Å². The smallest absolute Gasteiger partial charge is 0.329 e. The summed E-state index contributed by atoms with van der Waals surface area (Å²) in [5.74, 6) is -1.22.